The molecule has 1 aromatic rings. The fourth-order valence-electron chi connectivity index (χ4n) is 4.14. The van der Waals surface area contributed by atoms with Gasteiger partial charge in [0, 0.05) is 64.8 Å². The Labute approximate surface area is 192 Å². The van der Waals surface area contributed by atoms with Gasteiger partial charge < -0.3 is 24.8 Å². The molecule has 3 heterocycles. The molecule has 1 aromatic heterocycles. The number of aliphatic imine (C=N–C) groups is 1. The number of carbonyl (C=O) groups is 1. The smallest absolute Gasteiger partial charge is 0.410 e. The van der Waals surface area contributed by atoms with E-state index in [-0.39, 0.29) is 6.09 Å². The largest absolute Gasteiger partial charge is 0.444 e. The molecule has 2 fully saturated rings. The van der Waals surface area contributed by atoms with Crippen molar-refractivity contribution in [2.24, 2.45) is 10.9 Å². The molecule has 1 amide bonds. The van der Waals surface area contributed by atoms with E-state index in [2.05, 4.69) is 32.0 Å². The molecule has 1 unspecified atom stereocenters. The van der Waals surface area contributed by atoms with Gasteiger partial charge in [-0.2, -0.15) is 0 Å². The fraction of sp³-hybridized carbons (Fsp3) is 0.739. The number of hydrogen-bond acceptors (Lipinski definition) is 6. The summed E-state index contributed by atoms with van der Waals surface area (Å²) in [5.74, 6) is 2.23. The number of rotatable bonds is 5. The first-order valence-electron chi connectivity index (χ1n) is 11.9. The Morgan fingerprint density at radius 1 is 1.16 bits per heavy atom. The third kappa shape index (κ3) is 7.24. The van der Waals surface area contributed by atoms with Gasteiger partial charge in [-0.25, -0.2) is 14.8 Å². The van der Waals surface area contributed by atoms with Gasteiger partial charge >= 0.3 is 6.09 Å². The van der Waals surface area contributed by atoms with E-state index in [4.69, 9.17) is 9.73 Å². The summed E-state index contributed by atoms with van der Waals surface area (Å²) in [6.45, 7) is 14.5. The minimum atomic E-state index is -0.453. The Balaban J connectivity index is 1.48. The van der Waals surface area contributed by atoms with Crippen molar-refractivity contribution in [3.8, 4) is 0 Å². The molecule has 9 heteroatoms. The van der Waals surface area contributed by atoms with Gasteiger partial charge in [0.15, 0.2) is 5.96 Å². The van der Waals surface area contributed by atoms with Gasteiger partial charge in [0.2, 0.25) is 5.95 Å². The molecule has 9 nitrogen and oxygen atoms in total. The highest BCUT2D eigenvalue weighted by Gasteiger charge is 2.27. The molecule has 2 aliphatic heterocycles. The second-order valence-electron chi connectivity index (χ2n) is 9.48. The van der Waals surface area contributed by atoms with Crippen molar-refractivity contribution in [1.29, 1.82) is 0 Å². The lowest BCUT2D eigenvalue weighted by molar-refractivity contribution is 0.0163. The van der Waals surface area contributed by atoms with Gasteiger partial charge in [0.05, 0.1) is 0 Å². The maximum absolute atomic E-state index is 12.4. The van der Waals surface area contributed by atoms with E-state index in [0.717, 1.165) is 83.5 Å². The fourth-order valence-corrected chi connectivity index (χ4v) is 4.14. The minimum absolute atomic E-state index is 0.195. The molecule has 1 atom stereocenters. The van der Waals surface area contributed by atoms with E-state index >= 15 is 0 Å². The summed E-state index contributed by atoms with van der Waals surface area (Å²) in [7, 11) is 0. The molecule has 0 radical (unpaired) electrons. The molecule has 32 heavy (non-hydrogen) atoms. The third-order valence-corrected chi connectivity index (χ3v) is 5.72. The number of anilines is 1. The van der Waals surface area contributed by atoms with Gasteiger partial charge in [0.1, 0.15) is 5.60 Å². The van der Waals surface area contributed by atoms with Crippen LogP contribution in [0.4, 0.5) is 10.7 Å². The number of amides is 1. The molecular formula is C23H39N7O2. The van der Waals surface area contributed by atoms with Crippen LogP contribution in [0, 0.1) is 5.92 Å². The highest BCUT2D eigenvalue weighted by atomic mass is 16.6. The number of nitrogens with zero attached hydrogens (tertiary/aromatic N) is 6. The number of hydrogen-bond donors (Lipinski definition) is 1. The standard InChI is InChI=1S/C23H39N7O2/c1-5-24-20(28-14-16-29(17-15-28)21-25-10-7-11-26-21)27-12-9-19-8-6-13-30(18-19)22(31)32-23(2,3)4/h7,10-11,19H,5-6,8-9,12-18H2,1-4H3,(H,24,27). The number of likely N-dealkylation sites (tertiary alicyclic amines) is 1. The van der Waals surface area contributed by atoms with Crippen LogP contribution in [-0.4, -0.2) is 89.8 Å². The quantitative estimate of drug-likeness (QED) is 0.551. The first-order valence-corrected chi connectivity index (χ1v) is 11.9. The van der Waals surface area contributed by atoms with E-state index in [1.165, 1.54) is 0 Å². The Morgan fingerprint density at radius 3 is 2.53 bits per heavy atom. The number of ether oxygens (including phenoxy) is 1. The number of aromatic nitrogens is 2. The maximum Gasteiger partial charge on any atom is 0.410 e. The average molecular weight is 446 g/mol. The molecule has 0 bridgehead atoms. The summed E-state index contributed by atoms with van der Waals surface area (Å²) in [5, 5.41) is 3.44. The van der Waals surface area contributed by atoms with Crippen molar-refractivity contribution in [3.05, 3.63) is 18.5 Å². The average Bonchev–Trinajstić information content (AvgIpc) is 2.78. The summed E-state index contributed by atoms with van der Waals surface area (Å²) in [4.78, 5) is 32.4. The number of guanidine groups is 1. The molecule has 0 aromatic carbocycles. The van der Waals surface area contributed by atoms with E-state index in [9.17, 15) is 4.79 Å². The van der Waals surface area contributed by atoms with E-state index in [1.807, 2.05) is 31.7 Å². The summed E-state index contributed by atoms with van der Waals surface area (Å²) in [6, 6.07) is 1.84. The molecular weight excluding hydrogens is 406 g/mol. The lowest BCUT2D eigenvalue weighted by atomic mass is 9.95. The molecule has 0 aliphatic carbocycles. The highest BCUT2D eigenvalue weighted by Crippen LogP contribution is 2.22. The number of piperazine rings is 1. The van der Waals surface area contributed by atoms with Crippen molar-refractivity contribution in [2.75, 3.05) is 57.3 Å². The molecule has 1 N–H and O–H groups in total. The van der Waals surface area contributed by atoms with E-state index in [1.54, 1.807) is 12.4 Å². The van der Waals surface area contributed by atoms with Crippen molar-refractivity contribution in [3.63, 3.8) is 0 Å². The van der Waals surface area contributed by atoms with Gasteiger partial charge in [-0.15, -0.1) is 0 Å². The molecule has 3 rings (SSSR count). The third-order valence-electron chi connectivity index (χ3n) is 5.72. The lowest BCUT2D eigenvalue weighted by Crippen LogP contribution is -2.53. The second-order valence-corrected chi connectivity index (χ2v) is 9.48. The van der Waals surface area contributed by atoms with Gasteiger partial charge in [-0.05, 0) is 58.9 Å². The van der Waals surface area contributed by atoms with Crippen molar-refractivity contribution < 1.29 is 9.53 Å². The SMILES string of the molecule is CCNC(=NCCC1CCCN(C(=O)OC(C)(C)C)C1)N1CCN(c2ncccn2)CC1. The minimum Gasteiger partial charge on any atom is -0.444 e. The summed E-state index contributed by atoms with van der Waals surface area (Å²) in [6.07, 6.45) is 6.52. The summed E-state index contributed by atoms with van der Waals surface area (Å²) in [5.41, 5.74) is -0.453. The molecule has 2 aliphatic rings. The van der Waals surface area contributed by atoms with Gasteiger partial charge in [-0.1, -0.05) is 0 Å². The predicted octanol–water partition coefficient (Wildman–Crippen LogP) is 2.60. The monoisotopic (exact) mass is 445 g/mol. The zero-order valence-electron chi connectivity index (χ0n) is 20.1. The van der Waals surface area contributed by atoms with Crippen LogP contribution >= 0.6 is 0 Å². The number of piperidine rings is 1. The first kappa shape index (κ1) is 24.1. The van der Waals surface area contributed by atoms with E-state index < -0.39 is 5.60 Å². The Kier molecular flexibility index (Phi) is 8.53. The van der Waals surface area contributed by atoms with Crippen LogP contribution in [0.3, 0.4) is 0 Å². The van der Waals surface area contributed by atoms with Crippen LogP contribution in [0.1, 0.15) is 47.0 Å². The van der Waals surface area contributed by atoms with Crippen LogP contribution in [0.5, 0.6) is 0 Å². The maximum atomic E-state index is 12.4. The molecule has 2 saturated heterocycles. The Hall–Kier alpha value is -2.58. The van der Waals surface area contributed by atoms with Crippen LogP contribution < -0.4 is 10.2 Å². The Morgan fingerprint density at radius 2 is 1.88 bits per heavy atom. The summed E-state index contributed by atoms with van der Waals surface area (Å²) < 4.78 is 5.55. The van der Waals surface area contributed by atoms with Crippen molar-refractivity contribution in [2.45, 2.75) is 52.6 Å². The second kappa shape index (κ2) is 11.3. The van der Waals surface area contributed by atoms with Crippen molar-refractivity contribution in [1.82, 2.24) is 25.1 Å². The number of nitrogens with one attached hydrogen (secondary N) is 1. The predicted molar refractivity (Wildman–Crippen MR) is 127 cm³/mol. The van der Waals surface area contributed by atoms with Crippen LogP contribution in [0.25, 0.3) is 0 Å². The first-order chi connectivity index (χ1) is 15.4. The number of carbonyl (C=O) groups excluding carboxylic acids is 1. The zero-order chi connectivity index (χ0) is 23.0. The van der Waals surface area contributed by atoms with Crippen LogP contribution in [0.15, 0.2) is 23.5 Å². The van der Waals surface area contributed by atoms with Crippen LogP contribution in [0.2, 0.25) is 0 Å². The topological polar surface area (TPSA) is 86.2 Å². The van der Waals surface area contributed by atoms with Gasteiger partial charge in [-0.3, -0.25) is 4.99 Å². The normalized spacial score (nSPS) is 20.3. The lowest BCUT2D eigenvalue weighted by Gasteiger charge is -2.36. The summed E-state index contributed by atoms with van der Waals surface area (Å²) >= 11 is 0. The van der Waals surface area contributed by atoms with E-state index in [0.29, 0.717) is 5.92 Å². The zero-order valence-corrected chi connectivity index (χ0v) is 20.1. The van der Waals surface area contributed by atoms with Crippen molar-refractivity contribution >= 4 is 18.0 Å². The van der Waals surface area contributed by atoms with Gasteiger partial charge in [0.25, 0.3) is 0 Å². The Bertz CT molecular complexity index is 742. The molecule has 178 valence electrons. The highest BCUT2D eigenvalue weighted by molar-refractivity contribution is 5.80. The van der Waals surface area contributed by atoms with Crippen LogP contribution in [-0.2, 0) is 4.74 Å². The molecule has 0 saturated carbocycles. The molecule has 0 spiro atoms.